The summed E-state index contributed by atoms with van der Waals surface area (Å²) in [5.41, 5.74) is 0.833. The number of hydrogen-bond acceptors (Lipinski definition) is 4. The van der Waals surface area contributed by atoms with Crippen LogP contribution in [0, 0.1) is 0 Å². The van der Waals surface area contributed by atoms with Crippen molar-refractivity contribution in [2.45, 2.75) is 26.3 Å². The third kappa shape index (κ3) is 2.08. The molecule has 0 saturated carbocycles. The Morgan fingerprint density at radius 3 is 2.67 bits per heavy atom. The number of anilines is 1. The minimum Gasteiger partial charge on any atom is -0.459 e. The quantitative estimate of drug-likeness (QED) is 0.650. The summed E-state index contributed by atoms with van der Waals surface area (Å²) in [7, 11) is 3.43. The molecule has 0 saturated heterocycles. The van der Waals surface area contributed by atoms with Gasteiger partial charge in [0.1, 0.15) is 0 Å². The first-order valence-corrected chi connectivity index (χ1v) is 6.35. The van der Waals surface area contributed by atoms with Gasteiger partial charge < -0.3 is 15.5 Å². The fourth-order valence-corrected chi connectivity index (χ4v) is 2.31. The molecule has 0 fully saturated rings. The fraction of sp³-hybridized carbons (Fsp3) is 0.667. The van der Waals surface area contributed by atoms with E-state index in [1.807, 2.05) is 0 Å². The second kappa shape index (κ2) is 4.97. The van der Waals surface area contributed by atoms with Crippen LogP contribution in [0.15, 0.2) is 0 Å². The Kier molecular flexibility index (Phi) is 3.56. The average molecular weight is 254 g/mol. The number of nitrogens with one attached hydrogen (secondary N) is 1. The fourth-order valence-electron chi connectivity index (χ4n) is 2.31. The van der Waals surface area contributed by atoms with Gasteiger partial charge in [-0.1, -0.05) is 22.5 Å². The van der Waals surface area contributed by atoms with Gasteiger partial charge in [-0.2, -0.15) is 0 Å². The van der Waals surface area contributed by atoms with E-state index in [0.29, 0.717) is 6.54 Å². The second-order valence-corrected chi connectivity index (χ2v) is 4.81. The number of hydrogen-bond donors (Lipinski definition) is 3. The maximum atomic E-state index is 10.1. The average Bonchev–Trinajstić information content (AvgIpc) is 2.40. The molecule has 100 valence electrons. The molecule has 0 radical (unpaired) electrons. The van der Waals surface area contributed by atoms with Gasteiger partial charge in [-0.3, -0.25) is 4.90 Å². The summed E-state index contributed by atoms with van der Waals surface area (Å²) in [4.78, 5) is 2.25. The first kappa shape index (κ1) is 12.9. The summed E-state index contributed by atoms with van der Waals surface area (Å²) in [6, 6.07) is 0.0285. The molecule has 6 heteroatoms. The summed E-state index contributed by atoms with van der Waals surface area (Å²) < 4.78 is 3.05. The van der Waals surface area contributed by atoms with E-state index >= 15 is 0 Å². The number of fused-ring (bicyclic) bond motifs is 1. The van der Waals surface area contributed by atoms with E-state index in [9.17, 15) is 10.2 Å². The third-order valence-electron chi connectivity index (χ3n) is 3.49. The van der Waals surface area contributed by atoms with Crippen LogP contribution >= 0.6 is 0 Å². The molecule has 0 spiro atoms. The van der Waals surface area contributed by atoms with E-state index < -0.39 is 0 Å². The summed E-state index contributed by atoms with van der Waals surface area (Å²) in [6.45, 7) is 4.63. The van der Waals surface area contributed by atoms with Gasteiger partial charge in [0, 0.05) is 13.1 Å². The van der Waals surface area contributed by atoms with Gasteiger partial charge in [0.05, 0.1) is 6.67 Å². The van der Waals surface area contributed by atoms with Gasteiger partial charge in [-0.25, -0.2) is 0 Å². The molecule has 0 unspecified atom stereocenters. The molecule has 2 rings (SSSR count). The Morgan fingerprint density at radius 1 is 1.28 bits per heavy atom. The van der Waals surface area contributed by atoms with Crippen LogP contribution in [-0.2, 0) is 20.6 Å². The smallest absolute Gasteiger partial charge is 0.459 e. The molecule has 1 aliphatic heterocycles. The van der Waals surface area contributed by atoms with Crippen LogP contribution in [0.2, 0.25) is 0 Å². The van der Waals surface area contributed by atoms with Crippen LogP contribution in [0.1, 0.15) is 25.3 Å². The zero-order chi connectivity index (χ0) is 13.3. The Hall–Kier alpha value is -1.56. The molecule has 3 N–H and O–H groups in total. The monoisotopic (exact) mass is 254 g/mol. The van der Waals surface area contributed by atoms with Crippen molar-refractivity contribution < 1.29 is 19.3 Å². The lowest BCUT2D eigenvalue weighted by molar-refractivity contribution is -0.807. The molecule has 1 aliphatic rings. The first-order valence-electron chi connectivity index (χ1n) is 6.35. The van der Waals surface area contributed by atoms with E-state index in [4.69, 9.17) is 0 Å². The van der Waals surface area contributed by atoms with Crippen LogP contribution in [-0.4, -0.2) is 28.3 Å². The normalized spacial score (nSPS) is 15.3. The molecule has 0 amide bonds. The van der Waals surface area contributed by atoms with Crippen LogP contribution in [0.5, 0.6) is 11.9 Å². The molecule has 1 aromatic heterocycles. The highest BCUT2D eigenvalue weighted by Crippen LogP contribution is 2.25. The first-order chi connectivity index (χ1) is 8.56. The highest BCUT2D eigenvalue weighted by molar-refractivity contribution is 5.44. The van der Waals surface area contributed by atoms with Gasteiger partial charge >= 0.3 is 11.9 Å². The van der Waals surface area contributed by atoms with Crippen LogP contribution in [0.4, 0.5) is 5.82 Å². The Morgan fingerprint density at radius 2 is 2.00 bits per heavy atom. The van der Waals surface area contributed by atoms with E-state index in [-0.39, 0.29) is 11.9 Å². The number of unbranched alkanes of at least 4 members (excludes halogenated alkanes) is 1. The van der Waals surface area contributed by atoms with Gasteiger partial charge in [-0.15, -0.1) is 0 Å². The van der Waals surface area contributed by atoms with Crippen molar-refractivity contribution in [3.05, 3.63) is 5.56 Å². The second-order valence-electron chi connectivity index (χ2n) is 4.81. The topological polar surface area (TPSA) is 63.5 Å². The largest absolute Gasteiger partial charge is 0.632 e. The Labute approximate surface area is 107 Å². The molecule has 18 heavy (non-hydrogen) atoms. The summed E-state index contributed by atoms with van der Waals surface area (Å²) >= 11 is 0. The van der Waals surface area contributed by atoms with Crippen molar-refractivity contribution >= 4 is 5.82 Å². The van der Waals surface area contributed by atoms with E-state index in [1.165, 1.54) is 4.57 Å². The minimum absolute atomic E-state index is 0.0285. The van der Waals surface area contributed by atoms with Gasteiger partial charge in [0.2, 0.25) is 0 Å². The number of aromatic nitrogens is 2. The highest BCUT2D eigenvalue weighted by atomic mass is 16.3. The van der Waals surface area contributed by atoms with Crippen molar-refractivity contribution in [3.8, 4) is 11.9 Å². The third-order valence-corrected chi connectivity index (χ3v) is 3.49. The van der Waals surface area contributed by atoms with Gasteiger partial charge in [0.15, 0.2) is 19.7 Å². The molecular weight excluding hydrogens is 232 g/mol. The van der Waals surface area contributed by atoms with Crippen molar-refractivity contribution in [2.24, 2.45) is 14.1 Å². The molecule has 6 nitrogen and oxygen atoms in total. The highest BCUT2D eigenvalue weighted by Gasteiger charge is 2.36. The molecule has 0 bridgehead atoms. The lowest BCUT2D eigenvalue weighted by atomic mass is 10.2. The molecule has 0 aromatic carbocycles. The van der Waals surface area contributed by atoms with Crippen molar-refractivity contribution in [3.63, 3.8) is 0 Å². The SMILES string of the molecule is CCCCN1CNc2c(c(O)[n+](C)c(O)[n+]2C)C1. The predicted octanol–water partition coefficient (Wildman–Crippen LogP) is -0.268. The van der Waals surface area contributed by atoms with Crippen molar-refractivity contribution in [2.75, 3.05) is 18.5 Å². The van der Waals surface area contributed by atoms with Crippen LogP contribution < -0.4 is 14.5 Å². The standard InChI is InChI=1S/C12H20N4O2/c1-4-5-6-16-7-9-10(13-8-16)14(2)12(18)15(3)11(9)17/h4-8H2,1-3H3,(H,13,17)/p+2. The maximum Gasteiger partial charge on any atom is 0.632 e. The summed E-state index contributed by atoms with van der Waals surface area (Å²) in [6.07, 6.45) is 2.31. The zero-order valence-corrected chi connectivity index (χ0v) is 11.3. The van der Waals surface area contributed by atoms with E-state index in [1.54, 1.807) is 18.7 Å². The van der Waals surface area contributed by atoms with Crippen LogP contribution in [0.25, 0.3) is 0 Å². The van der Waals surface area contributed by atoms with Crippen molar-refractivity contribution in [1.29, 1.82) is 0 Å². The lowest BCUT2D eigenvalue weighted by Crippen LogP contribution is -2.50. The zero-order valence-electron chi connectivity index (χ0n) is 11.3. The molecular formula is C12H22N4O2+2. The molecule has 0 aliphatic carbocycles. The minimum atomic E-state index is 0.0285. The van der Waals surface area contributed by atoms with Gasteiger partial charge in [0.25, 0.3) is 5.82 Å². The lowest BCUT2D eigenvalue weighted by Gasteiger charge is -2.26. The predicted molar refractivity (Wildman–Crippen MR) is 65.9 cm³/mol. The number of aromatic hydroxyl groups is 2. The Bertz CT molecular complexity index is 462. The van der Waals surface area contributed by atoms with E-state index in [0.717, 1.165) is 37.4 Å². The summed E-state index contributed by atoms with van der Waals surface area (Å²) in [5, 5.41) is 23.2. The molecule has 1 aromatic rings. The Balaban J connectivity index is 2.32. The van der Waals surface area contributed by atoms with Crippen LogP contribution in [0.3, 0.4) is 0 Å². The van der Waals surface area contributed by atoms with Gasteiger partial charge in [-0.05, 0) is 6.42 Å². The maximum absolute atomic E-state index is 10.1. The number of rotatable bonds is 3. The number of nitrogens with zero attached hydrogens (tertiary/aromatic N) is 3. The van der Waals surface area contributed by atoms with E-state index in [2.05, 4.69) is 17.1 Å². The molecule has 0 atom stereocenters. The molecule has 2 heterocycles. The van der Waals surface area contributed by atoms with Crippen molar-refractivity contribution in [1.82, 2.24) is 4.90 Å². The summed E-state index contributed by atoms with van der Waals surface area (Å²) in [5.74, 6) is 0.908.